The van der Waals surface area contributed by atoms with Gasteiger partial charge in [-0.3, -0.25) is 28.3 Å². The number of likely N-dealkylation sites (tertiary alicyclic amines) is 2. The molecule has 0 spiro atoms. The first kappa shape index (κ1) is 44.9. The maximum atomic E-state index is 11.8. The predicted octanol–water partition coefficient (Wildman–Crippen LogP) is 4.70. The average molecular weight is 712 g/mol. The van der Waals surface area contributed by atoms with E-state index in [-0.39, 0.29) is 35.5 Å². The monoisotopic (exact) mass is 712 g/mol. The number of hydrogen-bond donors (Lipinski definition) is 0. The van der Waals surface area contributed by atoms with E-state index in [2.05, 4.69) is 31.7 Å². The van der Waals surface area contributed by atoms with Gasteiger partial charge in [-0.25, -0.2) is 0 Å². The van der Waals surface area contributed by atoms with Crippen molar-refractivity contribution in [3.05, 3.63) is 0 Å². The van der Waals surface area contributed by atoms with Crippen molar-refractivity contribution >= 4 is 39.0 Å². The zero-order valence-corrected chi connectivity index (χ0v) is 34.0. The molecule has 286 valence electrons. The number of piperidine rings is 2. The van der Waals surface area contributed by atoms with Crippen molar-refractivity contribution in [2.45, 2.75) is 120 Å². The van der Waals surface area contributed by atoms with E-state index in [0.717, 1.165) is 39.3 Å². The number of piperazine rings is 1. The molecule has 0 aromatic heterocycles. The number of amides is 4. The normalized spacial score (nSPS) is 22.8. The van der Waals surface area contributed by atoms with Crippen LogP contribution >= 0.6 is 0 Å². The van der Waals surface area contributed by atoms with Crippen molar-refractivity contribution in [2.24, 2.45) is 23.7 Å². The van der Waals surface area contributed by atoms with Crippen molar-refractivity contribution in [1.29, 1.82) is 0 Å². The van der Waals surface area contributed by atoms with Gasteiger partial charge >= 0.3 is 0 Å². The van der Waals surface area contributed by atoms with Gasteiger partial charge in [0.2, 0.25) is 23.6 Å². The summed E-state index contributed by atoms with van der Waals surface area (Å²) in [5.41, 5.74) is 0. The molecule has 4 aliphatic rings. The van der Waals surface area contributed by atoms with E-state index in [1.165, 1.54) is 38.5 Å². The van der Waals surface area contributed by atoms with Crippen LogP contribution in [-0.4, -0.2) is 141 Å². The predicted molar refractivity (Wildman–Crippen MR) is 205 cm³/mol. The Balaban J connectivity index is 0.000000328. The van der Waals surface area contributed by atoms with Gasteiger partial charge in [0.1, 0.15) is 0 Å². The van der Waals surface area contributed by atoms with Gasteiger partial charge in [0.05, 0.1) is 0 Å². The summed E-state index contributed by atoms with van der Waals surface area (Å²) in [5.74, 6) is 6.39. The smallest absolute Gasteiger partial charge is 0.225 e. The van der Waals surface area contributed by atoms with E-state index in [9.17, 15) is 23.4 Å². The number of rotatable bonds is 4. The summed E-state index contributed by atoms with van der Waals surface area (Å²) in [6.07, 6.45) is 7.36. The van der Waals surface area contributed by atoms with Gasteiger partial charge in [0, 0.05) is 99.6 Å². The lowest BCUT2D eigenvalue weighted by Crippen LogP contribution is -2.57. The highest BCUT2D eigenvalue weighted by atomic mass is 32.2. The number of nitrogens with zero attached hydrogens (tertiary/aromatic N) is 5. The van der Waals surface area contributed by atoms with Crippen LogP contribution in [0.4, 0.5) is 0 Å². The van der Waals surface area contributed by atoms with Crippen LogP contribution in [0.15, 0.2) is 0 Å². The zero-order chi connectivity index (χ0) is 37.5. The van der Waals surface area contributed by atoms with Gasteiger partial charge in [-0.05, 0) is 74.8 Å². The van der Waals surface area contributed by atoms with Gasteiger partial charge in [0.25, 0.3) is 0 Å². The summed E-state index contributed by atoms with van der Waals surface area (Å²) in [7, 11) is 0.263. The first-order valence-corrected chi connectivity index (χ1v) is 21.0. The third kappa shape index (κ3) is 16.2. The second-order valence-electron chi connectivity index (χ2n) is 15.7. The molecule has 4 amide bonds. The van der Waals surface area contributed by atoms with Crippen LogP contribution in [0.2, 0.25) is 0 Å². The van der Waals surface area contributed by atoms with Crippen LogP contribution in [0.25, 0.3) is 0 Å². The molecule has 4 saturated heterocycles. The van der Waals surface area contributed by atoms with Crippen molar-refractivity contribution < 1.29 is 23.4 Å². The van der Waals surface area contributed by atoms with Crippen LogP contribution in [-0.2, 0) is 28.7 Å². The van der Waals surface area contributed by atoms with Crippen molar-refractivity contribution in [2.75, 3.05) is 70.9 Å². The number of carbonyl (C=O) groups excluding carboxylic acids is 4. The summed E-state index contributed by atoms with van der Waals surface area (Å²) in [4.78, 5) is 56.3. The Morgan fingerprint density at radius 1 is 0.510 bits per heavy atom. The van der Waals surface area contributed by atoms with E-state index in [0.29, 0.717) is 48.5 Å². The Morgan fingerprint density at radius 3 is 1.06 bits per heavy atom. The van der Waals surface area contributed by atoms with E-state index in [4.69, 9.17) is 0 Å². The second kappa shape index (κ2) is 21.9. The molecule has 4 aliphatic heterocycles. The Morgan fingerprint density at radius 2 is 0.776 bits per heavy atom. The first-order chi connectivity index (χ1) is 22.8. The molecule has 0 aromatic rings. The van der Waals surface area contributed by atoms with Gasteiger partial charge < -0.3 is 19.6 Å². The number of hydrogen-bond acceptors (Lipinski definition) is 6. The van der Waals surface area contributed by atoms with Crippen LogP contribution in [0.1, 0.15) is 108 Å². The van der Waals surface area contributed by atoms with Crippen LogP contribution in [0.5, 0.6) is 0 Å². The third-order valence-corrected chi connectivity index (χ3v) is 11.6. The minimum absolute atomic E-state index is 0.0407. The fourth-order valence-corrected chi connectivity index (χ4v) is 7.57. The molecular formula is C38H73N5O5S. The summed E-state index contributed by atoms with van der Waals surface area (Å²) in [5, 5.41) is 0. The molecule has 4 heterocycles. The molecule has 4 fully saturated rings. The summed E-state index contributed by atoms with van der Waals surface area (Å²) in [6.45, 7) is 26.8. The maximum absolute atomic E-state index is 11.8. The molecule has 0 aliphatic carbocycles. The maximum Gasteiger partial charge on any atom is 0.225 e. The van der Waals surface area contributed by atoms with E-state index in [1.54, 1.807) is 4.90 Å². The van der Waals surface area contributed by atoms with Crippen LogP contribution < -0.4 is 0 Å². The van der Waals surface area contributed by atoms with E-state index >= 15 is 0 Å². The Bertz CT molecular complexity index is 1070. The lowest BCUT2D eigenvalue weighted by Gasteiger charge is -2.43. The van der Waals surface area contributed by atoms with Crippen molar-refractivity contribution in [3.8, 4) is 0 Å². The van der Waals surface area contributed by atoms with Crippen molar-refractivity contribution in [3.63, 3.8) is 0 Å². The topological polar surface area (TPSA) is 102 Å². The molecule has 2 atom stereocenters. The molecule has 0 N–H and O–H groups in total. The third-order valence-electron chi connectivity index (χ3n) is 9.76. The molecular weight excluding hydrogens is 639 g/mol. The highest BCUT2D eigenvalue weighted by molar-refractivity contribution is 8.00. The van der Waals surface area contributed by atoms with E-state index in [1.807, 2.05) is 70.1 Å². The summed E-state index contributed by atoms with van der Waals surface area (Å²) >= 11 is 0. The van der Waals surface area contributed by atoms with Crippen LogP contribution in [0, 0.1) is 23.7 Å². The molecule has 0 saturated carbocycles. The molecule has 10 nitrogen and oxygen atoms in total. The fraction of sp³-hybridized carbons (Fsp3) is 0.868. The Labute approximate surface area is 300 Å². The Kier molecular flexibility index (Phi) is 20.1. The molecule has 0 aromatic carbocycles. The van der Waals surface area contributed by atoms with Gasteiger partial charge in [-0.15, -0.1) is 0 Å². The molecule has 0 bridgehead atoms. The standard InChI is InChI=1S/C11H22N2O.C9H17NO2S.2C9H17NO/c1-8(2)11(14)13-6-9(3)12(5)10(4)7-13;1-8(2)9(11)10-4-6-13(3,12)7-5-10;2*1-8(2)9(11)10-6-4-3-5-7-10/h8-10H,6-7H2,1-5H3;8H,3-7H2,1-2H3;2*8H,3-7H2,1-2H3. The number of likely N-dealkylation sites (N-methyl/N-ethyl adjacent to an activating group) is 1. The molecule has 0 radical (unpaired) electrons. The highest BCUT2D eigenvalue weighted by Gasteiger charge is 2.30. The lowest BCUT2D eigenvalue weighted by atomic mass is 10.1. The SMILES string of the molecule is C=S1(=O)CCN(C(=O)C(C)C)CC1.CC(C)C(=O)N1CC(C)N(C)C(C)C1.CC(C)C(=O)N1CCCCC1.CC(C)C(=O)N1CCCCC1. The quantitative estimate of drug-likeness (QED) is 0.392. The lowest BCUT2D eigenvalue weighted by molar-refractivity contribution is -0.138. The first-order valence-electron chi connectivity index (χ1n) is 19.0. The fourth-order valence-electron chi connectivity index (χ4n) is 6.26. The van der Waals surface area contributed by atoms with Gasteiger partial charge in [-0.2, -0.15) is 0 Å². The minimum Gasteiger partial charge on any atom is -0.342 e. The number of carbonyl (C=O) groups is 4. The molecule has 4 rings (SSSR count). The summed E-state index contributed by atoms with van der Waals surface area (Å²) in [6, 6.07) is 0.947. The molecule has 11 heteroatoms. The average Bonchev–Trinajstić information content (AvgIpc) is 3.07. The minimum atomic E-state index is -1.87. The van der Waals surface area contributed by atoms with Crippen LogP contribution in [0.3, 0.4) is 0 Å². The van der Waals surface area contributed by atoms with E-state index < -0.39 is 9.52 Å². The summed E-state index contributed by atoms with van der Waals surface area (Å²) < 4.78 is 11.5. The molecule has 49 heavy (non-hydrogen) atoms. The van der Waals surface area contributed by atoms with Gasteiger partial charge in [0.15, 0.2) is 0 Å². The van der Waals surface area contributed by atoms with Crippen molar-refractivity contribution in [1.82, 2.24) is 24.5 Å². The Hall–Kier alpha value is -2.14. The van der Waals surface area contributed by atoms with Gasteiger partial charge in [-0.1, -0.05) is 55.4 Å². The largest absolute Gasteiger partial charge is 0.342 e. The molecule has 2 unspecified atom stereocenters. The second-order valence-corrected chi connectivity index (χ2v) is 18.4. The highest BCUT2D eigenvalue weighted by Crippen LogP contribution is 2.16. The zero-order valence-electron chi connectivity index (χ0n) is 33.2.